The van der Waals surface area contributed by atoms with Crippen molar-refractivity contribution >= 4 is 46.7 Å². The fourth-order valence-corrected chi connectivity index (χ4v) is 4.86. The Bertz CT molecular complexity index is 1080. The number of benzene rings is 1. The van der Waals surface area contributed by atoms with Gasteiger partial charge in [-0.15, -0.1) is 0 Å². The van der Waals surface area contributed by atoms with Gasteiger partial charge in [0.25, 0.3) is 3.79 Å². The van der Waals surface area contributed by atoms with Crippen LogP contribution in [0.4, 0.5) is 0 Å². The van der Waals surface area contributed by atoms with Gasteiger partial charge in [0.1, 0.15) is 24.4 Å². The van der Waals surface area contributed by atoms with Crippen molar-refractivity contribution in [1.82, 2.24) is 0 Å². The van der Waals surface area contributed by atoms with Gasteiger partial charge >= 0.3 is 5.97 Å². The SMILES string of the molecule is CO[C@@H]1[C@@H](O[C@@H]2O[C@H](C)[C@@H](N=[N+]=[N-])[C@H](OC)[C@H]2OC(C)=O)[C@@H](OCc2ccccc2)[C@@H](OC(=N)C(Cl)(Cl)Cl)O[C@H]1C. The van der Waals surface area contributed by atoms with Crippen LogP contribution in [0.1, 0.15) is 26.3 Å². The predicted octanol–water partition coefficient (Wildman–Crippen LogP) is 4.45. The molecule has 16 heteroatoms. The van der Waals surface area contributed by atoms with Gasteiger partial charge in [0.2, 0.25) is 12.2 Å². The van der Waals surface area contributed by atoms with E-state index in [1.165, 1.54) is 21.1 Å². The third-order valence-corrected chi connectivity index (χ3v) is 7.10. The van der Waals surface area contributed by atoms with Crippen LogP contribution in [0.3, 0.4) is 0 Å². The summed E-state index contributed by atoms with van der Waals surface area (Å²) in [6.45, 7) is 4.69. The summed E-state index contributed by atoms with van der Waals surface area (Å²) in [6, 6.07) is 8.45. The molecule has 2 heterocycles. The molecular formula is C25H33Cl3N4O9. The monoisotopic (exact) mass is 638 g/mol. The third kappa shape index (κ3) is 8.57. The molecule has 0 unspecified atom stereocenters. The van der Waals surface area contributed by atoms with Crippen molar-refractivity contribution in [1.29, 1.82) is 5.41 Å². The Morgan fingerprint density at radius 1 is 0.976 bits per heavy atom. The lowest BCUT2D eigenvalue weighted by molar-refractivity contribution is -0.348. The maximum absolute atomic E-state index is 12.1. The van der Waals surface area contributed by atoms with Crippen LogP contribution in [-0.4, -0.2) is 91.2 Å². The highest BCUT2D eigenvalue weighted by Crippen LogP contribution is 2.36. The van der Waals surface area contributed by atoms with Crippen LogP contribution in [0.2, 0.25) is 0 Å². The molecule has 2 aliphatic rings. The minimum Gasteiger partial charge on any atom is -0.454 e. The first kappa shape index (κ1) is 33.6. The van der Waals surface area contributed by atoms with Gasteiger partial charge in [0.15, 0.2) is 12.4 Å². The summed E-state index contributed by atoms with van der Waals surface area (Å²) in [5.74, 6) is -1.33. The maximum Gasteiger partial charge on any atom is 0.303 e. The summed E-state index contributed by atoms with van der Waals surface area (Å²) < 4.78 is 45.1. The quantitative estimate of drug-likeness (QED) is 0.0741. The average molecular weight is 640 g/mol. The number of esters is 1. The van der Waals surface area contributed by atoms with Crippen molar-refractivity contribution in [2.75, 3.05) is 14.2 Å². The van der Waals surface area contributed by atoms with Crippen LogP contribution in [0.15, 0.2) is 35.4 Å². The summed E-state index contributed by atoms with van der Waals surface area (Å²) in [5.41, 5.74) is 9.91. The third-order valence-electron chi connectivity index (χ3n) is 6.59. The molecule has 1 aromatic rings. The molecule has 1 aromatic carbocycles. The Morgan fingerprint density at radius 2 is 1.61 bits per heavy atom. The van der Waals surface area contributed by atoms with Gasteiger partial charge in [-0.1, -0.05) is 70.2 Å². The van der Waals surface area contributed by atoms with Gasteiger partial charge in [-0.3, -0.25) is 10.2 Å². The second kappa shape index (κ2) is 15.0. The molecule has 0 saturated carbocycles. The highest BCUT2D eigenvalue weighted by molar-refractivity contribution is 6.76. The molecule has 0 radical (unpaired) electrons. The van der Waals surface area contributed by atoms with Crippen molar-refractivity contribution < 1.29 is 42.7 Å². The minimum absolute atomic E-state index is 0.0927. The summed E-state index contributed by atoms with van der Waals surface area (Å²) in [7, 11) is 2.85. The number of hydrogen-bond acceptors (Lipinski definition) is 11. The zero-order valence-electron chi connectivity index (χ0n) is 23.0. The lowest BCUT2D eigenvalue weighted by Gasteiger charge is -2.48. The molecule has 2 fully saturated rings. The van der Waals surface area contributed by atoms with Gasteiger partial charge in [0, 0.05) is 26.1 Å². The molecule has 13 nitrogen and oxygen atoms in total. The molecule has 0 aromatic heterocycles. The molecule has 2 aliphatic heterocycles. The molecule has 10 atom stereocenters. The largest absolute Gasteiger partial charge is 0.454 e. The van der Waals surface area contributed by atoms with Gasteiger partial charge in [-0.25, -0.2) is 0 Å². The minimum atomic E-state index is -2.17. The Hall–Kier alpha value is -1.90. The summed E-state index contributed by atoms with van der Waals surface area (Å²) in [6.07, 6.45) is -8.75. The number of nitrogens with zero attached hydrogens (tertiary/aromatic N) is 3. The van der Waals surface area contributed by atoms with Gasteiger partial charge in [0.05, 0.1) is 24.9 Å². The molecule has 228 valence electrons. The zero-order chi connectivity index (χ0) is 30.3. The number of nitrogens with one attached hydrogen (secondary N) is 1. The average Bonchev–Trinajstić information content (AvgIpc) is 2.90. The Labute approximate surface area is 252 Å². The number of carbonyl (C=O) groups excluding carboxylic acids is 1. The standard InChI is InChI=1S/C25H33Cl3N4O9/c1-12-16(31-32-30)18(35-5)21(39-14(3)33)23(37-12)40-19-17(34-4)13(2)38-22(41-24(29)25(26,27)28)20(19)36-11-15-9-7-6-8-10-15/h6-10,12-13,16-23,29H,11H2,1-5H3/t12-,13+,16-,17+,18+,19-,20-,21-,22-,23+/m1/s1. The maximum atomic E-state index is 12.1. The van der Waals surface area contributed by atoms with E-state index in [9.17, 15) is 4.79 Å². The first-order valence-corrected chi connectivity index (χ1v) is 13.8. The second-order valence-corrected chi connectivity index (χ2v) is 11.7. The smallest absolute Gasteiger partial charge is 0.303 e. The van der Waals surface area contributed by atoms with Crippen molar-refractivity contribution in [3.05, 3.63) is 46.3 Å². The number of hydrogen-bond donors (Lipinski definition) is 1. The molecule has 0 spiro atoms. The summed E-state index contributed by atoms with van der Waals surface area (Å²) in [4.78, 5) is 15.0. The second-order valence-electron chi connectivity index (χ2n) is 9.40. The lowest BCUT2D eigenvalue weighted by Crippen LogP contribution is -2.65. The van der Waals surface area contributed by atoms with E-state index in [2.05, 4.69) is 10.0 Å². The zero-order valence-corrected chi connectivity index (χ0v) is 25.3. The highest BCUT2D eigenvalue weighted by Gasteiger charge is 2.54. The van der Waals surface area contributed by atoms with Crippen LogP contribution < -0.4 is 0 Å². The van der Waals surface area contributed by atoms with Crippen molar-refractivity contribution in [2.45, 2.75) is 92.5 Å². The van der Waals surface area contributed by atoms with Crippen molar-refractivity contribution in [2.24, 2.45) is 5.11 Å². The number of alkyl halides is 3. The molecule has 41 heavy (non-hydrogen) atoms. The predicted molar refractivity (Wildman–Crippen MR) is 148 cm³/mol. The van der Waals surface area contributed by atoms with Crippen LogP contribution in [0, 0.1) is 5.41 Å². The molecular weight excluding hydrogens is 607 g/mol. The number of ether oxygens (including phenoxy) is 8. The first-order valence-electron chi connectivity index (χ1n) is 12.6. The molecule has 3 rings (SSSR count). The van der Waals surface area contributed by atoms with E-state index in [0.717, 1.165) is 5.56 Å². The first-order chi connectivity index (χ1) is 19.4. The molecule has 2 saturated heterocycles. The molecule has 0 bridgehead atoms. The summed E-state index contributed by atoms with van der Waals surface area (Å²) >= 11 is 17.6. The lowest BCUT2D eigenvalue weighted by atomic mass is 9.95. The van der Waals surface area contributed by atoms with E-state index < -0.39 is 77.0 Å². The number of methoxy groups -OCH3 is 2. The van der Waals surface area contributed by atoms with E-state index in [0.29, 0.717) is 0 Å². The molecule has 0 amide bonds. The highest BCUT2D eigenvalue weighted by atomic mass is 35.6. The Morgan fingerprint density at radius 3 is 2.17 bits per heavy atom. The van der Waals surface area contributed by atoms with E-state index >= 15 is 0 Å². The van der Waals surface area contributed by atoms with Crippen LogP contribution in [-0.2, 0) is 49.3 Å². The number of halogens is 3. The van der Waals surface area contributed by atoms with Gasteiger partial charge in [-0.2, -0.15) is 0 Å². The number of azide groups is 1. The van der Waals surface area contributed by atoms with E-state index in [-0.39, 0.29) is 6.61 Å². The number of carbonyl (C=O) groups is 1. The van der Waals surface area contributed by atoms with E-state index in [4.69, 9.17) is 83.6 Å². The van der Waals surface area contributed by atoms with Crippen LogP contribution in [0.25, 0.3) is 10.4 Å². The number of rotatable bonds is 10. The molecule has 1 N–H and O–H groups in total. The van der Waals surface area contributed by atoms with E-state index in [1.807, 2.05) is 30.3 Å². The van der Waals surface area contributed by atoms with Gasteiger partial charge < -0.3 is 37.9 Å². The fraction of sp³-hybridized carbons (Fsp3) is 0.680. The van der Waals surface area contributed by atoms with E-state index in [1.54, 1.807) is 13.8 Å². The van der Waals surface area contributed by atoms with Crippen molar-refractivity contribution in [3.63, 3.8) is 0 Å². The normalized spacial score (nSPS) is 33.9. The van der Waals surface area contributed by atoms with Crippen molar-refractivity contribution in [3.8, 4) is 0 Å². The van der Waals surface area contributed by atoms with Gasteiger partial charge in [-0.05, 0) is 24.9 Å². The van der Waals surface area contributed by atoms with Crippen LogP contribution >= 0.6 is 34.8 Å². The molecule has 0 aliphatic carbocycles. The van der Waals surface area contributed by atoms with Crippen LogP contribution in [0.5, 0.6) is 0 Å². The topological polar surface area (TPSA) is 164 Å². The summed E-state index contributed by atoms with van der Waals surface area (Å²) in [5, 5.41) is 11.9. The fourth-order valence-electron chi connectivity index (χ4n) is 4.73. The Balaban J connectivity index is 2.00. The Kier molecular flexibility index (Phi) is 12.3.